The van der Waals surface area contributed by atoms with Crippen LogP contribution >= 0.6 is 34.7 Å². The lowest BCUT2D eigenvalue weighted by Crippen LogP contribution is -2.24. The Hall–Kier alpha value is -2.81. The zero-order valence-corrected chi connectivity index (χ0v) is 19.7. The first kappa shape index (κ1) is 22.4. The van der Waals surface area contributed by atoms with Gasteiger partial charge >= 0.3 is 0 Å². The first-order valence-electron chi connectivity index (χ1n) is 10.0. The average Bonchev–Trinajstić information content (AvgIpc) is 3.47. The van der Waals surface area contributed by atoms with Crippen LogP contribution in [0.2, 0.25) is 5.02 Å². The fourth-order valence-corrected chi connectivity index (χ4v) is 4.70. The van der Waals surface area contributed by atoms with Gasteiger partial charge in [0.25, 0.3) is 0 Å². The highest BCUT2D eigenvalue weighted by atomic mass is 35.5. The summed E-state index contributed by atoms with van der Waals surface area (Å²) in [6.07, 6.45) is 0. The minimum atomic E-state index is -0.0658. The van der Waals surface area contributed by atoms with Crippen molar-refractivity contribution < 1.29 is 9.53 Å². The average molecular weight is 485 g/mol. The molecular formula is C23H21ClN4O2S2. The summed E-state index contributed by atoms with van der Waals surface area (Å²) in [5, 5.41) is 14.9. The highest BCUT2D eigenvalue weighted by Crippen LogP contribution is 2.32. The molecule has 0 radical (unpaired) electrons. The Labute approximate surface area is 199 Å². The van der Waals surface area contributed by atoms with Gasteiger partial charge in [-0.05, 0) is 54.8 Å². The Morgan fingerprint density at radius 3 is 2.66 bits per heavy atom. The van der Waals surface area contributed by atoms with Crippen molar-refractivity contribution in [2.45, 2.75) is 18.6 Å². The predicted molar refractivity (Wildman–Crippen MR) is 130 cm³/mol. The fraction of sp³-hybridized carbons (Fsp3) is 0.174. The molecule has 6 nitrogen and oxygen atoms in total. The predicted octanol–water partition coefficient (Wildman–Crippen LogP) is 5.46. The van der Waals surface area contributed by atoms with E-state index >= 15 is 0 Å². The smallest absolute Gasteiger partial charge is 0.230 e. The number of aromatic nitrogens is 3. The standard InChI is InChI=1S/C23H21ClN4O2S2/c1-2-30-17-11-9-16(10-12-17)28-22(19-7-3-4-8-20(19)24)26-27-23(28)32-15-21(29)25-14-18-6-5-13-31-18/h3-13H,2,14-15H2,1H3,(H,25,29). The van der Waals surface area contributed by atoms with E-state index in [0.29, 0.717) is 29.2 Å². The van der Waals surface area contributed by atoms with Crippen LogP contribution in [0.1, 0.15) is 11.8 Å². The van der Waals surface area contributed by atoms with E-state index in [1.54, 1.807) is 11.3 Å². The highest BCUT2D eigenvalue weighted by molar-refractivity contribution is 7.99. The van der Waals surface area contributed by atoms with Crippen LogP contribution in [0.3, 0.4) is 0 Å². The molecule has 0 aliphatic rings. The number of nitrogens with zero attached hydrogens (tertiary/aromatic N) is 3. The summed E-state index contributed by atoms with van der Waals surface area (Å²) < 4.78 is 7.47. The van der Waals surface area contributed by atoms with Gasteiger partial charge in [0.2, 0.25) is 5.91 Å². The molecule has 9 heteroatoms. The second-order valence-electron chi connectivity index (χ2n) is 6.69. The Kier molecular flexibility index (Phi) is 7.47. The molecule has 4 aromatic rings. The van der Waals surface area contributed by atoms with Gasteiger partial charge in [-0.25, -0.2) is 0 Å². The topological polar surface area (TPSA) is 69.0 Å². The largest absolute Gasteiger partial charge is 0.494 e. The van der Waals surface area contributed by atoms with Crippen molar-refractivity contribution in [3.63, 3.8) is 0 Å². The van der Waals surface area contributed by atoms with Gasteiger partial charge in [-0.1, -0.05) is 41.6 Å². The molecule has 2 aromatic carbocycles. The third-order valence-electron chi connectivity index (χ3n) is 4.53. The number of thioether (sulfide) groups is 1. The highest BCUT2D eigenvalue weighted by Gasteiger charge is 2.19. The molecular weight excluding hydrogens is 464 g/mol. The summed E-state index contributed by atoms with van der Waals surface area (Å²) in [6.45, 7) is 3.06. The molecule has 0 atom stereocenters. The van der Waals surface area contributed by atoms with Gasteiger partial charge < -0.3 is 10.1 Å². The van der Waals surface area contributed by atoms with E-state index in [-0.39, 0.29) is 11.7 Å². The van der Waals surface area contributed by atoms with Crippen molar-refractivity contribution in [3.8, 4) is 22.8 Å². The molecule has 0 aliphatic heterocycles. The van der Waals surface area contributed by atoms with Crippen LogP contribution in [-0.2, 0) is 11.3 Å². The lowest BCUT2D eigenvalue weighted by molar-refractivity contribution is -0.118. The minimum absolute atomic E-state index is 0.0658. The SMILES string of the molecule is CCOc1ccc(-n2c(SCC(=O)NCc3cccs3)nnc2-c2ccccc2Cl)cc1. The van der Waals surface area contributed by atoms with Crippen molar-refractivity contribution in [1.29, 1.82) is 0 Å². The number of ether oxygens (including phenoxy) is 1. The molecule has 0 saturated heterocycles. The summed E-state index contributed by atoms with van der Waals surface area (Å²) in [6, 6.07) is 19.1. The van der Waals surface area contributed by atoms with Gasteiger partial charge in [0.05, 0.1) is 23.9 Å². The van der Waals surface area contributed by atoms with Crippen LogP contribution in [0.5, 0.6) is 5.75 Å². The number of carbonyl (C=O) groups is 1. The van der Waals surface area contributed by atoms with E-state index in [4.69, 9.17) is 16.3 Å². The summed E-state index contributed by atoms with van der Waals surface area (Å²) in [4.78, 5) is 13.5. The summed E-state index contributed by atoms with van der Waals surface area (Å²) in [7, 11) is 0. The summed E-state index contributed by atoms with van der Waals surface area (Å²) >= 11 is 9.39. The van der Waals surface area contributed by atoms with Crippen LogP contribution in [0.15, 0.2) is 71.2 Å². The Bertz CT molecular complexity index is 1180. The van der Waals surface area contributed by atoms with Crippen molar-refractivity contribution in [3.05, 3.63) is 75.9 Å². The number of halogens is 1. The van der Waals surface area contributed by atoms with Gasteiger partial charge in [0.1, 0.15) is 5.75 Å². The van der Waals surface area contributed by atoms with E-state index in [2.05, 4.69) is 15.5 Å². The number of hydrogen-bond acceptors (Lipinski definition) is 6. The first-order chi connectivity index (χ1) is 15.7. The van der Waals surface area contributed by atoms with E-state index in [9.17, 15) is 4.79 Å². The summed E-state index contributed by atoms with van der Waals surface area (Å²) in [5.74, 6) is 1.55. The van der Waals surface area contributed by atoms with E-state index < -0.39 is 0 Å². The van der Waals surface area contributed by atoms with Gasteiger partial charge in [0.15, 0.2) is 11.0 Å². The molecule has 1 N–H and O–H groups in total. The van der Waals surface area contributed by atoms with Crippen LogP contribution < -0.4 is 10.1 Å². The van der Waals surface area contributed by atoms with E-state index in [1.807, 2.05) is 77.5 Å². The molecule has 0 bridgehead atoms. The van der Waals surface area contributed by atoms with Crippen LogP contribution in [-0.4, -0.2) is 33.0 Å². The fourth-order valence-electron chi connectivity index (χ4n) is 3.05. The molecule has 2 aromatic heterocycles. The van der Waals surface area contributed by atoms with Gasteiger partial charge in [-0.3, -0.25) is 9.36 Å². The number of benzene rings is 2. The Morgan fingerprint density at radius 1 is 1.12 bits per heavy atom. The maximum absolute atomic E-state index is 12.4. The van der Waals surface area contributed by atoms with Crippen LogP contribution in [0.4, 0.5) is 0 Å². The third-order valence-corrected chi connectivity index (χ3v) is 6.66. The number of hydrogen-bond donors (Lipinski definition) is 1. The molecule has 0 spiro atoms. The zero-order valence-electron chi connectivity index (χ0n) is 17.3. The molecule has 164 valence electrons. The molecule has 0 fully saturated rings. The van der Waals surface area contributed by atoms with Crippen LogP contribution in [0, 0.1) is 0 Å². The van der Waals surface area contributed by atoms with E-state index in [1.165, 1.54) is 11.8 Å². The maximum atomic E-state index is 12.4. The van der Waals surface area contributed by atoms with Crippen molar-refractivity contribution >= 4 is 40.6 Å². The van der Waals surface area contributed by atoms with Crippen molar-refractivity contribution in [2.24, 2.45) is 0 Å². The van der Waals surface area contributed by atoms with Crippen molar-refractivity contribution in [2.75, 3.05) is 12.4 Å². The third kappa shape index (κ3) is 5.32. The van der Waals surface area contributed by atoms with Gasteiger partial charge in [0, 0.05) is 16.1 Å². The Balaban J connectivity index is 1.59. The minimum Gasteiger partial charge on any atom is -0.494 e. The molecule has 0 unspecified atom stereocenters. The molecule has 0 saturated carbocycles. The number of nitrogens with one attached hydrogen (secondary N) is 1. The normalized spacial score (nSPS) is 10.8. The summed E-state index contributed by atoms with van der Waals surface area (Å²) in [5.41, 5.74) is 1.62. The second-order valence-corrected chi connectivity index (χ2v) is 9.08. The zero-order chi connectivity index (χ0) is 22.3. The monoisotopic (exact) mass is 484 g/mol. The van der Waals surface area contributed by atoms with Gasteiger partial charge in [-0.2, -0.15) is 0 Å². The number of amides is 1. The number of thiophene rings is 1. The molecule has 4 rings (SSSR count). The molecule has 2 heterocycles. The maximum Gasteiger partial charge on any atom is 0.230 e. The van der Waals surface area contributed by atoms with Crippen molar-refractivity contribution in [1.82, 2.24) is 20.1 Å². The Morgan fingerprint density at radius 2 is 1.94 bits per heavy atom. The number of carbonyl (C=O) groups excluding carboxylic acids is 1. The molecule has 0 aliphatic carbocycles. The molecule has 1 amide bonds. The van der Waals surface area contributed by atoms with E-state index in [0.717, 1.165) is 21.9 Å². The lowest BCUT2D eigenvalue weighted by atomic mass is 10.2. The van der Waals surface area contributed by atoms with Crippen LogP contribution in [0.25, 0.3) is 17.1 Å². The quantitative estimate of drug-likeness (QED) is 0.319. The second kappa shape index (κ2) is 10.7. The lowest BCUT2D eigenvalue weighted by Gasteiger charge is -2.12. The van der Waals surface area contributed by atoms with Gasteiger partial charge in [-0.15, -0.1) is 21.5 Å². The molecule has 32 heavy (non-hydrogen) atoms. The first-order valence-corrected chi connectivity index (χ1v) is 12.3. The number of rotatable bonds is 9.